The number of nitrogens with two attached hydrogens (primary N) is 1. The van der Waals surface area contributed by atoms with E-state index in [-0.39, 0.29) is 24.6 Å². The van der Waals surface area contributed by atoms with Gasteiger partial charge in [0.2, 0.25) is 5.91 Å². The number of carbonyl (C=O) groups is 2. The minimum Gasteiger partial charge on any atom is -0.373 e. The van der Waals surface area contributed by atoms with Gasteiger partial charge >= 0.3 is 6.03 Å². The van der Waals surface area contributed by atoms with Gasteiger partial charge in [0.05, 0.1) is 25.3 Å². The molecule has 2 saturated heterocycles. The third-order valence-electron chi connectivity index (χ3n) is 4.86. The summed E-state index contributed by atoms with van der Waals surface area (Å²) in [5, 5.41) is 2.40. The molecule has 3 N–H and O–H groups in total. The van der Waals surface area contributed by atoms with Crippen LogP contribution in [0, 0.1) is 0 Å². The van der Waals surface area contributed by atoms with Gasteiger partial charge in [0.15, 0.2) is 0 Å². The molecule has 2 atom stereocenters. The zero-order valence-corrected chi connectivity index (χ0v) is 14.4. The zero-order valence-electron chi connectivity index (χ0n) is 14.4. The predicted octanol–water partition coefficient (Wildman–Crippen LogP) is 0.719. The second-order valence-corrected chi connectivity index (χ2v) is 6.58. The van der Waals surface area contributed by atoms with Crippen molar-refractivity contribution in [2.75, 3.05) is 39.3 Å². The monoisotopic (exact) mass is 346 g/mol. The molecule has 2 aliphatic rings. The Labute approximate surface area is 148 Å². The predicted molar refractivity (Wildman–Crippen MR) is 93.9 cm³/mol. The number of urea groups is 1. The molecular weight excluding hydrogens is 320 g/mol. The van der Waals surface area contributed by atoms with E-state index in [0.29, 0.717) is 13.2 Å². The second kappa shape index (κ2) is 8.31. The van der Waals surface area contributed by atoms with Crippen molar-refractivity contribution in [3.63, 3.8) is 0 Å². The Kier molecular flexibility index (Phi) is 5.88. The third kappa shape index (κ3) is 4.49. The first kappa shape index (κ1) is 17.7. The van der Waals surface area contributed by atoms with Crippen LogP contribution in [0.25, 0.3) is 0 Å². The highest BCUT2D eigenvalue weighted by Gasteiger charge is 2.37. The molecule has 2 fully saturated rings. The Morgan fingerprint density at radius 3 is 2.56 bits per heavy atom. The van der Waals surface area contributed by atoms with Crippen molar-refractivity contribution in [1.29, 1.82) is 0 Å². The summed E-state index contributed by atoms with van der Waals surface area (Å²) in [6, 6.07) is 9.12. The number of rotatable bonds is 5. The molecule has 0 aliphatic carbocycles. The van der Waals surface area contributed by atoms with Crippen LogP contribution >= 0.6 is 0 Å². The van der Waals surface area contributed by atoms with Gasteiger partial charge in [0.25, 0.3) is 0 Å². The second-order valence-electron chi connectivity index (χ2n) is 6.58. The lowest BCUT2D eigenvalue weighted by atomic mass is 9.97. The summed E-state index contributed by atoms with van der Waals surface area (Å²) in [4.78, 5) is 27.8. The van der Waals surface area contributed by atoms with Gasteiger partial charge in [-0.3, -0.25) is 4.79 Å². The summed E-state index contributed by atoms with van der Waals surface area (Å²) in [6.45, 7) is 3.90. The molecule has 1 aromatic carbocycles. The number of carbonyl (C=O) groups excluding carboxylic acids is 2. The molecule has 0 spiro atoms. The van der Waals surface area contributed by atoms with Crippen LogP contribution in [0.4, 0.5) is 4.79 Å². The number of likely N-dealkylation sites (tertiary alicyclic amines) is 1. The van der Waals surface area contributed by atoms with Crippen molar-refractivity contribution in [1.82, 2.24) is 15.1 Å². The number of hydrogen-bond acceptors (Lipinski definition) is 4. The summed E-state index contributed by atoms with van der Waals surface area (Å²) in [5.41, 5.74) is 6.15. The van der Waals surface area contributed by atoms with E-state index in [1.165, 1.54) is 12.8 Å². The molecule has 0 radical (unpaired) electrons. The number of benzene rings is 1. The zero-order chi connectivity index (χ0) is 17.6. The quantitative estimate of drug-likeness (QED) is 0.822. The van der Waals surface area contributed by atoms with Crippen LogP contribution in [0.15, 0.2) is 30.3 Å². The van der Waals surface area contributed by atoms with Crippen LogP contribution < -0.4 is 11.1 Å². The van der Waals surface area contributed by atoms with E-state index in [2.05, 4.69) is 10.2 Å². The van der Waals surface area contributed by atoms with Crippen molar-refractivity contribution in [3.8, 4) is 0 Å². The molecular formula is C18H26N4O3. The van der Waals surface area contributed by atoms with Crippen molar-refractivity contribution < 1.29 is 14.3 Å². The molecule has 7 heteroatoms. The van der Waals surface area contributed by atoms with Gasteiger partial charge in [-0.05, 0) is 31.5 Å². The van der Waals surface area contributed by atoms with E-state index in [9.17, 15) is 9.59 Å². The standard InChI is InChI=1S/C18H26N4O3/c19-18(24)20-12-16(23)22-10-11-25-15(13-21-8-4-5-9-21)17(22)14-6-2-1-3-7-14/h1-3,6-7,15,17H,4-5,8-13H2,(H3,19,20,24)/t15-,17-/m0/s1. The molecule has 1 aromatic rings. The molecule has 3 amide bonds. The number of hydrogen-bond donors (Lipinski definition) is 2. The highest BCUT2D eigenvalue weighted by Crippen LogP contribution is 2.30. The Balaban J connectivity index is 1.79. The van der Waals surface area contributed by atoms with Gasteiger partial charge in [-0.25, -0.2) is 4.79 Å². The molecule has 7 nitrogen and oxygen atoms in total. The van der Waals surface area contributed by atoms with Crippen LogP contribution in [0.3, 0.4) is 0 Å². The number of morpholine rings is 1. The topological polar surface area (TPSA) is 87.9 Å². The first-order valence-corrected chi connectivity index (χ1v) is 8.87. The van der Waals surface area contributed by atoms with Gasteiger partial charge < -0.3 is 25.6 Å². The fourth-order valence-electron chi connectivity index (χ4n) is 3.69. The first-order valence-electron chi connectivity index (χ1n) is 8.87. The van der Waals surface area contributed by atoms with Crippen LogP contribution in [0.5, 0.6) is 0 Å². The SMILES string of the molecule is NC(=O)NCC(=O)N1CCO[C@@H](CN2CCCC2)[C@@H]1c1ccccc1. The first-order chi connectivity index (χ1) is 12.1. The number of amides is 3. The third-order valence-corrected chi connectivity index (χ3v) is 4.86. The van der Waals surface area contributed by atoms with E-state index in [1.54, 1.807) is 0 Å². The Morgan fingerprint density at radius 1 is 1.16 bits per heavy atom. The molecule has 0 bridgehead atoms. The molecule has 0 aromatic heterocycles. The Hall–Kier alpha value is -2.12. The average Bonchev–Trinajstić information content (AvgIpc) is 3.13. The minimum absolute atomic E-state index is 0.0771. The van der Waals surface area contributed by atoms with Gasteiger partial charge in [0, 0.05) is 13.1 Å². The lowest BCUT2D eigenvalue weighted by Crippen LogP contribution is -2.53. The van der Waals surface area contributed by atoms with Gasteiger partial charge in [-0.15, -0.1) is 0 Å². The highest BCUT2D eigenvalue weighted by atomic mass is 16.5. The Morgan fingerprint density at radius 2 is 1.88 bits per heavy atom. The maximum Gasteiger partial charge on any atom is 0.312 e. The van der Waals surface area contributed by atoms with E-state index in [1.807, 2.05) is 35.2 Å². The lowest BCUT2D eigenvalue weighted by Gasteiger charge is -2.42. The van der Waals surface area contributed by atoms with Crippen LogP contribution in [0.2, 0.25) is 0 Å². The summed E-state index contributed by atoms with van der Waals surface area (Å²) < 4.78 is 6.07. The van der Waals surface area contributed by atoms with E-state index < -0.39 is 6.03 Å². The van der Waals surface area contributed by atoms with E-state index in [4.69, 9.17) is 10.5 Å². The normalized spacial score (nSPS) is 24.2. The van der Waals surface area contributed by atoms with Crippen LogP contribution in [-0.2, 0) is 9.53 Å². The molecule has 0 unspecified atom stereocenters. The molecule has 25 heavy (non-hydrogen) atoms. The number of ether oxygens (including phenoxy) is 1. The largest absolute Gasteiger partial charge is 0.373 e. The summed E-state index contributed by atoms with van der Waals surface area (Å²) in [7, 11) is 0. The number of nitrogens with one attached hydrogen (secondary N) is 1. The van der Waals surface area contributed by atoms with Crippen LogP contribution in [-0.4, -0.2) is 67.2 Å². The molecule has 0 saturated carbocycles. The highest BCUT2D eigenvalue weighted by molar-refractivity contribution is 5.83. The van der Waals surface area contributed by atoms with E-state index in [0.717, 1.165) is 25.2 Å². The van der Waals surface area contributed by atoms with Crippen molar-refractivity contribution in [2.24, 2.45) is 5.73 Å². The molecule has 136 valence electrons. The van der Waals surface area contributed by atoms with Crippen LogP contribution in [0.1, 0.15) is 24.4 Å². The number of nitrogens with zero attached hydrogens (tertiary/aromatic N) is 2. The fourth-order valence-corrected chi connectivity index (χ4v) is 3.69. The number of primary amides is 1. The van der Waals surface area contributed by atoms with Gasteiger partial charge in [-0.2, -0.15) is 0 Å². The van der Waals surface area contributed by atoms with Crippen molar-refractivity contribution in [2.45, 2.75) is 25.0 Å². The van der Waals surface area contributed by atoms with Gasteiger partial charge in [-0.1, -0.05) is 30.3 Å². The average molecular weight is 346 g/mol. The van der Waals surface area contributed by atoms with Gasteiger partial charge in [0.1, 0.15) is 0 Å². The maximum atomic E-state index is 12.7. The molecule has 2 aliphatic heterocycles. The summed E-state index contributed by atoms with van der Waals surface area (Å²) in [6.07, 6.45) is 2.36. The molecule has 2 heterocycles. The fraction of sp³-hybridized carbons (Fsp3) is 0.556. The lowest BCUT2D eigenvalue weighted by molar-refractivity contribution is -0.147. The summed E-state index contributed by atoms with van der Waals surface area (Å²) in [5.74, 6) is -0.137. The van der Waals surface area contributed by atoms with Crippen molar-refractivity contribution >= 4 is 11.9 Å². The van der Waals surface area contributed by atoms with E-state index >= 15 is 0 Å². The minimum atomic E-state index is -0.688. The maximum absolute atomic E-state index is 12.7. The molecule has 3 rings (SSSR count). The smallest absolute Gasteiger partial charge is 0.312 e. The summed E-state index contributed by atoms with van der Waals surface area (Å²) >= 11 is 0. The Bertz CT molecular complexity index is 589. The van der Waals surface area contributed by atoms with Crippen molar-refractivity contribution in [3.05, 3.63) is 35.9 Å².